The minimum Gasteiger partial charge on any atom is -0.463 e. The van der Waals surface area contributed by atoms with Crippen LogP contribution >= 0.6 is 0 Å². The maximum atomic E-state index is 12.0. The van der Waals surface area contributed by atoms with E-state index in [0.29, 0.717) is 18.6 Å². The molecule has 0 aliphatic heterocycles. The third-order valence-corrected chi connectivity index (χ3v) is 3.16. The molecule has 0 spiro atoms. The molecule has 5 heteroatoms. The number of carbonyl (C=O) groups is 2. The maximum Gasteiger partial charge on any atom is 0.357 e. The lowest BCUT2D eigenvalue weighted by Crippen LogP contribution is -2.24. The van der Waals surface area contributed by atoms with Gasteiger partial charge in [0.25, 0.3) is 0 Å². The Morgan fingerprint density at radius 1 is 1.26 bits per heavy atom. The highest BCUT2D eigenvalue weighted by molar-refractivity contribution is 5.90. The molecule has 0 fully saturated rings. The molecule has 0 radical (unpaired) electrons. The minimum absolute atomic E-state index is 0.186. The quantitative estimate of drug-likeness (QED) is 0.591. The van der Waals surface area contributed by atoms with E-state index in [9.17, 15) is 9.59 Å². The fraction of sp³-hybridized carbons (Fsp3) is 0.500. The highest BCUT2D eigenvalue weighted by Crippen LogP contribution is 2.27. The van der Waals surface area contributed by atoms with E-state index in [0.717, 1.165) is 5.56 Å². The number of rotatable bonds is 6. The number of pyridine rings is 1. The highest BCUT2D eigenvalue weighted by atomic mass is 16.6. The molecule has 23 heavy (non-hydrogen) atoms. The SMILES string of the molecule is C=C(C(=O)OCC)C(CC)c1ccc(C(=O)OC(C)(C)C)nc1. The van der Waals surface area contributed by atoms with Crippen molar-refractivity contribution in [1.82, 2.24) is 4.98 Å². The van der Waals surface area contributed by atoms with Gasteiger partial charge in [0.15, 0.2) is 0 Å². The van der Waals surface area contributed by atoms with Crippen LogP contribution in [0, 0.1) is 0 Å². The Balaban J connectivity index is 2.91. The van der Waals surface area contributed by atoms with E-state index >= 15 is 0 Å². The largest absolute Gasteiger partial charge is 0.463 e. The summed E-state index contributed by atoms with van der Waals surface area (Å²) in [5, 5.41) is 0. The number of hydrogen-bond acceptors (Lipinski definition) is 5. The normalized spacial score (nSPS) is 12.4. The van der Waals surface area contributed by atoms with Crippen LogP contribution in [0.5, 0.6) is 0 Å². The van der Waals surface area contributed by atoms with Crippen molar-refractivity contribution in [1.29, 1.82) is 0 Å². The van der Waals surface area contributed by atoms with E-state index in [2.05, 4.69) is 11.6 Å². The molecule has 0 bridgehead atoms. The van der Waals surface area contributed by atoms with Gasteiger partial charge in [-0.05, 0) is 45.7 Å². The Hall–Kier alpha value is -2.17. The standard InChI is InChI=1S/C18H25NO4/c1-7-14(12(3)16(20)22-8-2)13-9-10-15(19-11-13)17(21)23-18(4,5)6/h9-11,14H,3,7-8H2,1-2,4-6H3. The molecule has 1 rings (SSSR count). The van der Waals surface area contributed by atoms with Gasteiger partial charge in [0.2, 0.25) is 0 Å². The zero-order valence-electron chi connectivity index (χ0n) is 14.5. The smallest absolute Gasteiger partial charge is 0.357 e. The van der Waals surface area contributed by atoms with Crippen molar-refractivity contribution < 1.29 is 19.1 Å². The van der Waals surface area contributed by atoms with E-state index in [1.807, 2.05) is 6.92 Å². The summed E-state index contributed by atoms with van der Waals surface area (Å²) >= 11 is 0. The Kier molecular flexibility index (Phi) is 6.49. The van der Waals surface area contributed by atoms with Crippen molar-refractivity contribution in [3.05, 3.63) is 41.7 Å². The molecule has 126 valence electrons. The second kappa shape index (κ2) is 7.90. The lowest BCUT2D eigenvalue weighted by atomic mass is 9.90. The number of ether oxygens (including phenoxy) is 2. The van der Waals surface area contributed by atoms with E-state index in [-0.39, 0.29) is 11.6 Å². The molecule has 1 atom stereocenters. The Morgan fingerprint density at radius 2 is 1.91 bits per heavy atom. The molecule has 0 aromatic carbocycles. The van der Waals surface area contributed by atoms with Crippen molar-refractivity contribution in [3.8, 4) is 0 Å². The average molecular weight is 319 g/mol. The van der Waals surface area contributed by atoms with Crippen LogP contribution in [0.25, 0.3) is 0 Å². The van der Waals surface area contributed by atoms with Gasteiger partial charge in [0.05, 0.1) is 6.61 Å². The van der Waals surface area contributed by atoms with Gasteiger partial charge in [0.1, 0.15) is 11.3 Å². The summed E-state index contributed by atoms with van der Waals surface area (Å²) < 4.78 is 10.3. The number of nitrogens with zero attached hydrogens (tertiary/aromatic N) is 1. The van der Waals surface area contributed by atoms with Crippen LogP contribution in [-0.4, -0.2) is 29.1 Å². The predicted molar refractivity (Wildman–Crippen MR) is 88.2 cm³/mol. The molecule has 0 aliphatic carbocycles. The maximum absolute atomic E-state index is 12.0. The van der Waals surface area contributed by atoms with Crippen LogP contribution in [-0.2, 0) is 14.3 Å². The molecular weight excluding hydrogens is 294 g/mol. The number of carbonyl (C=O) groups excluding carboxylic acids is 2. The highest BCUT2D eigenvalue weighted by Gasteiger charge is 2.22. The summed E-state index contributed by atoms with van der Waals surface area (Å²) in [7, 11) is 0. The summed E-state index contributed by atoms with van der Waals surface area (Å²) in [6.45, 7) is 13.3. The molecule has 1 aromatic heterocycles. The summed E-state index contributed by atoms with van der Waals surface area (Å²) in [5.41, 5.74) is 0.876. The first-order valence-electron chi connectivity index (χ1n) is 7.74. The fourth-order valence-electron chi connectivity index (χ4n) is 2.11. The van der Waals surface area contributed by atoms with Gasteiger partial charge in [-0.3, -0.25) is 0 Å². The molecule has 1 unspecified atom stereocenters. The van der Waals surface area contributed by atoms with E-state index < -0.39 is 17.5 Å². The van der Waals surface area contributed by atoms with Crippen molar-refractivity contribution in [3.63, 3.8) is 0 Å². The first-order chi connectivity index (χ1) is 10.7. The van der Waals surface area contributed by atoms with Gasteiger partial charge in [0, 0.05) is 17.7 Å². The van der Waals surface area contributed by atoms with Crippen LogP contribution in [0.15, 0.2) is 30.5 Å². The van der Waals surface area contributed by atoms with Crippen molar-refractivity contribution in [2.75, 3.05) is 6.61 Å². The van der Waals surface area contributed by atoms with Crippen LogP contribution in [0.2, 0.25) is 0 Å². The molecule has 0 saturated heterocycles. The lowest BCUT2D eigenvalue weighted by Gasteiger charge is -2.20. The van der Waals surface area contributed by atoms with Crippen molar-refractivity contribution >= 4 is 11.9 Å². The number of esters is 2. The van der Waals surface area contributed by atoms with Crippen LogP contribution in [0.3, 0.4) is 0 Å². The van der Waals surface area contributed by atoms with Gasteiger partial charge in [-0.15, -0.1) is 0 Å². The summed E-state index contributed by atoms with van der Waals surface area (Å²) in [4.78, 5) is 27.9. The van der Waals surface area contributed by atoms with Gasteiger partial charge in [-0.1, -0.05) is 19.6 Å². The topological polar surface area (TPSA) is 65.5 Å². The molecule has 0 N–H and O–H groups in total. The number of hydrogen-bond donors (Lipinski definition) is 0. The molecule has 1 heterocycles. The summed E-state index contributed by atoms with van der Waals surface area (Å²) in [6.07, 6.45) is 2.27. The predicted octanol–water partition coefficient (Wildman–Crippen LogP) is 3.65. The van der Waals surface area contributed by atoms with E-state index in [4.69, 9.17) is 9.47 Å². The zero-order chi connectivity index (χ0) is 17.6. The van der Waals surface area contributed by atoms with Crippen LogP contribution < -0.4 is 0 Å². The molecule has 5 nitrogen and oxygen atoms in total. The fourth-order valence-corrected chi connectivity index (χ4v) is 2.11. The van der Waals surface area contributed by atoms with Crippen LogP contribution in [0.1, 0.15) is 63.0 Å². The number of aromatic nitrogens is 1. The minimum atomic E-state index is -0.568. The molecule has 0 amide bonds. The van der Waals surface area contributed by atoms with Crippen molar-refractivity contribution in [2.45, 2.75) is 52.6 Å². The van der Waals surface area contributed by atoms with E-state index in [1.165, 1.54) is 0 Å². The Bertz CT molecular complexity index is 570. The Labute approximate surface area is 137 Å². The Morgan fingerprint density at radius 3 is 2.35 bits per heavy atom. The molecule has 0 aliphatic rings. The third kappa shape index (κ3) is 5.51. The van der Waals surface area contributed by atoms with Crippen LogP contribution in [0.4, 0.5) is 0 Å². The lowest BCUT2D eigenvalue weighted by molar-refractivity contribution is -0.138. The average Bonchev–Trinajstić information content (AvgIpc) is 2.47. The summed E-state index contributed by atoms with van der Waals surface area (Å²) in [5.74, 6) is -1.06. The molecule has 0 saturated carbocycles. The molecular formula is C18H25NO4. The van der Waals surface area contributed by atoms with Gasteiger partial charge >= 0.3 is 11.9 Å². The van der Waals surface area contributed by atoms with Gasteiger partial charge in [-0.2, -0.15) is 0 Å². The third-order valence-electron chi connectivity index (χ3n) is 3.16. The second-order valence-corrected chi connectivity index (χ2v) is 6.19. The zero-order valence-corrected chi connectivity index (χ0v) is 14.5. The second-order valence-electron chi connectivity index (χ2n) is 6.19. The van der Waals surface area contributed by atoms with Crippen molar-refractivity contribution in [2.24, 2.45) is 0 Å². The van der Waals surface area contributed by atoms with Gasteiger partial charge < -0.3 is 9.47 Å². The first kappa shape index (κ1) is 18.9. The first-order valence-corrected chi connectivity index (χ1v) is 7.74. The van der Waals surface area contributed by atoms with E-state index in [1.54, 1.807) is 46.0 Å². The monoisotopic (exact) mass is 319 g/mol. The molecule has 1 aromatic rings. The van der Waals surface area contributed by atoms with Gasteiger partial charge in [-0.25, -0.2) is 14.6 Å². The summed E-state index contributed by atoms with van der Waals surface area (Å²) in [6, 6.07) is 3.37.